The van der Waals surface area contributed by atoms with Crippen molar-refractivity contribution in [1.29, 1.82) is 0 Å². The van der Waals surface area contributed by atoms with Crippen molar-refractivity contribution in [1.82, 2.24) is 4.98 Å². The number of hydrogen-bond acceptors (Lipinski definition) is 3. The highest BCUT2D eigenvalue weighted by atomic mass is 19.4. The zero-order valence-corrected chi connectivity index (χ0v) is 10.4. The molecule has 18 heavy (non-hydrogen) atoms. The molecule has 1 atom stereocenters. The second-order valence-electron chi connectivity index (χ2n) is 4.16. The molecular weight excluding hydrogens is 245 g/mol. The summed E-state index contributed by atoms with van der Waals surface area (Å²) < 4.78 is 37.2. The van der Waals surface area contributed by atoms with E-state index in [0.717, 1.165) is 0 Å². The Kier molecular flexibility index (Phi) is 4.95. The molecule has 1 aromatic rings. The van der Waals surface area contributed by atoms with Gasteiger partial charge in [0, 0.05) is 12.7 Å². The lowest BCUT2D eigenvalue weighted by Gasteiger charge is -2.24. The third kappa shape index (κ3) is 4.52. The monoisotopic (exact) mass is 262 g/mol. The van der Waals surface area contributed by atoms with Crippen molar-refractivity contribution >= 4 is 5.82 Å². The number of aromatic nitrogens is 1. The van der Waals surface area contributed by atoms with Gasteiger partial charge in [-0.25, -0.2) is 4.98 Å². The number of aliphatic hydroxyl groups excluding tert-OH is 1. The first-order valence-electron chi connectivity index (χ1n) is 5.79. The normalized spacial score (nSPS) is 13.4. The number of pyridine rings is 1. The Hall–Kier alpha value is -1.30. The summed E-state index contributed by atoms with van der Waals surface area (Å²) in [5, 5.41) is 9.31. The van der Waals surface area contributed by atoms with Crippen molar-refractivity contribution in [2.75, 3.05) is 18.0 Å². The molecule has 0 bridgehead atoms. The van der Waals surface area contributed by atoms with Crippen LogP contribution in [-0.4, -0.2) is 29.4 Å². The number of alkyl halides is 3. The minimum atomic E-state index is -4.25. The zero-order valence-electron chi connectivity index (χ0n) is 10.4. The quantitative estimate of drug-likeness (QED) is 0.886. The molecule has 3 nitrogen and oxygen atoms in total. The van der Waals surface area contributed by atoms with Crippen molar-refractivity contribution in [3.05, 3.63) is 23.9 Å². The van der Waals surface area contributed by atoms with Gasteiger partial charge in [-0.3, -0.25) is 0 Å². The first-order valence-corrected chi connectivity index (χ1v) is 5.79. The smallest absolute Gasteiger partial charge is 0.389 e. The second kappa shape index (κ2) is 6.04. The molecule has 0 aliphatic rings. The van der Waals surface area contributed by atoms with Gasteiger partial charge in [0.15, 0.2) is 0 Å². The first kappa shape index (κ1) is 14.8. The Bertz CT molecular complexity index is 363. The Labute approximate surface area is 104 Å². The minimum absolute atomic E-state index is 0.276. The van der Waals surface area contributed by atoms with Crippen LogP contribution in [0.1, 0.15) is 31.9 Å². The molecule has 0 amide bonds. The molecule has 6 heteroatoms. The van der Waals surface area contributed by atoms with Crippen LogP contribution in [0.5, 0.6) is 0 Å². The fourth-order valence-electron chi connectivity index (χ4n) is 1.59. The minimum Gasteiger partial charge on any atom is -0.389 e. The van der Waals surface area contributed by atoms with Crippen LogP contribution in [0.3, 0.4) is 0 Å². The van der Waals surface area contributed by atoms with E-state index in [2.05, 4.69) is 4.98 Å². The summed E-state index contributed by atoms with van der Waals surface area (Å²) in [6.07, 6.45) is -2.91. The summed E-state index contributed by atoms with van der Waals surface area (Å²) in [4.78, 5) is 5.16. The number of rotatable bonds is 5. The van der Waals surface area contributed by atoms with Gasteiger partial charge in [-0.05, 0) is 25.0 Å². The summed E-state index contributed by atoms with van der Waals surface area (Å²) in [5.41, 5.74) is 0.585. The van der Waals surface area contributed by atoms with Crippen molar-refractivity contribution in [3.63, 3.8) is 0 Å². The summed E-state index contributed by atoms with van der Waals surface area (Å²) in [7, 11) is 0. The Morgan fingerprint density at radius 2 is 2.06 bits per heavy atom. The summed E-state index contributed by atoms with van der Waals surface area (Å²) >= 11 is 0. The van der Waals surface area contributed by atoms with E-state index in [9.17, 15) is 18.3 Å². The van der Waals surface area contributed by atoms with E-state index in [1.807, 2.05) is 6.92 Å². The number of aliphatic hydroxyl groups is 1. The SMILES string of the molecule is CCCN(CC(F)(F)F)c1ccc([C@@H](C)O)cn1. The fraction of sp³-hybridized carbons (Fsp3) is 0.583. The molecule has 0 saturated carbocycles. The van der Waals surface area contributed by atoms with Gasteiger partial charge >= 0.3 is 6.18 Å². The van der Waals surface area contributed by atoms with E-state index in [1.165, 1.54) is 17.2 Å². The Balaban J connectivity index is 2.85. The molecule has 0 fully saturated rings. The molecule has 0 aliphatic heterocycles. The summed E-state index contributed by atoms with van der Waals surface area (Å²) in [5.74, 6) is 0.276. The van der Waals surface area contributed by atoms with E-state index in [-0.39, 0.29) is 5.82 Å². The number of nitrogens with zero attached hydrogens (tertiary/aromatic N) is 2. The molecule has 102 valence electrons. The lowest BCUT2D eigenvalue weighted by atomic mass is 10.2. The predicted octanol–water partition coefficient (Wildman–Crippen LogP) is 2.91. The van der Waals surface area contributed by atoms with Gasteiger partial charge < -0.3 is 10.0 Å². The van der Waals surface area contributed by atoms with Gasteiger partial charge in [-0.2, -0.15) is 13.2 Å². The van der Waals surface area contributed by atoms with E-state index in [1.54, 1.807) is 13.0 Å². The highest BCUT2D eigenvalue weighted by molar-refractivity contribution is 5.39. The van der Waals surface area contributed by atoms with Crippen LogP contribution in [0.4, 0.5) is 19.0 Å². The van der Waals surface area contributed by atoms with Gasteiger partial charge in [0.2, 0.25) is 0 Å². The van der Waals surface area contributed by atoms with Gasteiger partial charge in [0.1, 0.15) is 12.4 Å². The maximum absolute atomic E-state index is 12.4. The third-order valence-electron chi connectivity index (χ3n) is 2.44. The van der Waals surface area contributed by atoms with E-state index in [4.69, 9.17) is 0 Å². The number of halogens is 3. The zero-order chi connectivity index (χ0) is 13.8. The first-order chi connectivity index (χ1) is 8.33. The van der Waals surface area contributed by atoms with Crippen LogP contribution < -0.4 is 4.90 Å². The maximum atomic E-state index is 12.4. The Morgan fingerprint density at radius 3 is 2.44 bits per heavy atom. The average Bonchev–Trinajstić information content (AvgIpc) is 2.27. The lowest BCUT2D eigenvalue weighted by Crippen LogP contribution is -2.35. The van der Waals surface area contributed by atoms with Crippen molar-refractivity contribution in [3.8, 4) is 0 Å². The molecule has 1 rings (SSSR count). The second-order valence-corrected chi connectivity index (χ2v) is 4.16. The van der Waals surface area contributed by atoms with Gasteiger partial charge in [-0.15, -0.1) is 0 Å². The topological polar surface area (TPSA) is 36.4 Å². The molecule has 0 aromatic carbocycles. The van der Waals surface area contributed by atoms with Crippen LogP contribution in [-0.2, 0) is 0 Å². The maximum Gasteiger partial charge on any atom is 0.405 e. The lowest BCUT2D eigenvalue weighted by molar-refractivity contribution is -0.119. The van der Waals surface area contributed by atoms with E-state index >= 15 is 0 Å². The predicted molar refractivity (Wildman–Crippen MR) is 63.4 cm³/mol. The number of hydrogen-bond donors (Lipinski definition) is 1. The molecule has 0 saturated heterocycles. The molecule has 1 aromatic heterocycles. The van der Waals surface area contributed by atoms with Crippen molar-refractivity contribution in [2.24, 2.45) is 0 Å². The van der Waals surface area contributed by atoms with Gasteiger partial charge in [-0.1, -0.05) is 13.0 Å². The van der Waals surface area contributed by atoms with Crippen molar-refractivity contribution in [2.45, 2.75) is 32.5 Å². The molecular formula is C12H17F3N2O. The van der Waals surface area contributed by atoms with E-state index in [0.29, 0.717) is 18.5 Å². The molecule has 0 spiro atoms. The molecule has 1 heterocycles. The van der Waals surface area contributed by atoms with Crippen LogP contribution in [0.2, 0.25) is 0 Å². The summed E-state index contributed by atoms with van der Waals surface area (Å²) in [6, 6.07) is 3.09. The standard InChI is InChI=1S/C12H17F3N2O/c1-3-6-17(8-12(13,14)15)11-5-4-10(7-16-11)9(2)18/h4-5,7,9,18H,3,6,8H2,1-2H3/t9-/m1/s1. The van der Waals surface area contributed by atoms with Crippen LogP contribution in [0.25, 0.3) is 0 Å². The van der Waals surface area contributed by atoms with Crippen LogP contribution in [0, 0.1) is 0 Å². The fourth-order valence-corrected chi connectivity index (χ4v) is 1.59. The largest absolute Gasteiger partial charge is 0.405 e. The summed E-state index contributed by atoms with van der Waals surface area (Å²) in [6.45, 7) is 2.67. The third-order valence-corrected chi connectivity index (χ3v) is 2.44. The van der Waals surface area contributed by atoms with E-state index < -0.39 is 18.8 Å². The van der Waals surface area contributed by atoms with Gasteiger partial charge in [0.05, 0.1) is 6.10 Å². The average molecular weight is 262 g/mol. The molecule has 0 radical (unpaired) electrons. The Morgan fingerprint density at radius 1 is 1.39 bits per heavy atom. The van der Waals surface area contributed by atoms with Crippen LogP contribution in [0.15, 0.2) is 18.3 Å². The number of anilines is 1. The highest BCUT2D eigenvalue weighted by Gasteiger charge is 2.31. The molecule has 1 N–H and O–H groups in total. The molecule has 0 aliphatic carbocycles. The van der Waals surface area contributed by atoms with Crippen molar-refractivity contribution < 1.29 is 18.3 Å². The molecule has 0 unspecified atom stereocenters. The highest BCUT2D eigenvalue weighted by Crippen LogP contribution is 2.22. The van der Waals surface area contributed by atoms with Gasteiger partial charge in [0.25, 0.3) is 0 Å². The van der Waals surface area contributed by atoms with Crippen LogP contribution >= 0.6 is 0 Å².